The molecule has 11 rings (SSSR count). The standard InChI is InChI=1S/C48H32N4O/c1-48(2)38-21-11-9-18-33(38)35-26-27-36-34-19-10-12-22-39(34)52(44(36)43(35)48)47-50-45(30-16-7-4-8-17-30)49-46(51-47)31-24-25-37-41(28-31)53-40-23-13-20-32(42(37)40)29-14-5-3-6-15-29/h3-28H,1-2H3. The summed E-state index contributed by atoms with van der Waals surface area (Å²) >= 11 is 0. The molecule has 3 heterocycles. The van der Waals surface area contributed by atoms with E-state index in [0.29, 0.717) is 17.6 Å². The monoisotopic (exact) mass is 680 g/mol. The number of rotatable bonds is 4. The highest BCUT2D eigenvalue weighted by atomic mass is 16.3. The van der Waals surface area contributed by atoms with Crippen molar-refractivity contribution < 1.29 is 4.42 Å². The van der Waals surface area contributed by atoms with Crippen molar-refractivity contribution >= 4 is 43.7 Å². The van der Waals surface area contributed by atoms with Crippen LogP contribution in [-0.4, -0.2) is 19.5 Å². The highest BCUT2D eigenvalue weighted by molar-refractivity contribution is 6.14. The molecule has 0 amide bonds. The lowest BCUT2D eigenvalue weighted by Crippen LogP contribution is -2.17. The number of aromatic nitrogens is 4. The zero-order valence-corrected chi connectivity index (χ0v) is 29.2. The minimum absolute atomic E-state index is 0.236. The van der Waals surface area contributed by atoms with Crippen LogP contribution in [0.4, 0.5) is 0 Å². The number of benzene rings is 7. The van der Waals surface area contributed by atoms with Gasteiger partial charge in [0.2, 0.25) is 5.95 Å². The van der Waals surface area contributed by atoms with Crippen molar-refractivity contribution in [3.05, 3.63) is 169 Å². The lowest BCUT2D eigenvalue weighted by molar-refractivity contribution is 0.663. The molecule has 5 nitrogen and oxygen atoms in total. The fourth-order valence-electron chi connectivity index (χ4n) is 8.65. The number of hydrogen-bond donors (Lipinski definition) is 0. The average Bonchev–Trinajstić information content (AvgIpc) is 3.83. The maximum absolute atomic E-state index is 6.54. The normalized spacial score (nSPS) is 13.2. The van der Waals surface area contributed by atoms with Crippen LogP contribution in [-0.2, 0) is 5.41 Å². The molecule has 0 fully saturated rings. The Morgan fingerprint density at radius 2 is 1.17 bits per heavy atom. The third kappa shape index (κ3) is 4.34. The minimum Gasteiger partial charge on any atom is -0.456 e. The van der Waals surface area contributed by atoms with E-state index < -0.39 is 0 Å². The lowest BCUT2D eigenvalue weighted by atomic mass is 9.81. The van der Waals surface area contributed by atoms with Gasteiger partial charge in [0, 0.05) is 38.1 Å². The van der Waals surface area contributed by atoms with Crippen LogP contribution in [0.1, 0.15) is 25.0 Å². The minimum atomic E-state index is -0.236. The third-order valence-electron chi connectivity index (χ3n) is 11.0. The number of fused-ring (bicyclic) bond motifs is 10. The number of hydrogen-bond acceptors (Lipinski definition) is 4. The second kappa shape index (κ2) is 11.1. The van der Waals surface area contributed by atoms with Gasteiger partial charge in [-0.2, -0.15) is 9.97 Å². The van der Waals surface area contributed by atoms with Crippen molar-refractivity contribution in [2.75, 3.05) is 0 Å². The van der Waals surface area contributed by atoms with Crippen molar-refractivity contribution in [1.29, 1.82) is 0 Å². The van der Waals surface area contributed by atoms with E-state index in [0.717, 1.165) is 60.6 Å². The summed E-state index contributed by atoms with van der Waals surface area (Å²) in [5, 5.41) is 4.50. The molecule has 0 bridgehead atoms. The highest BCUT2D eigenvalue weighted by Gasteiger charge is 2.38. The van der Waals surface area contributed by atoms with Crippen LogP contribution in [0.15, 0.2) is 162 Å². The van der Waals surface area contributed by atoms with E-state index in [1.165, 1.54) is 27.6 Å². The largest absolute Gasteiger partial charge is 0.456 e. The summed E-state index contributed by atoms with van der Waals surface area (Å²) in [6.45, 7) is 4.66. The highest BCUT2D eigenvalue weighted by Crippen LogP contribution is 2.52. The van der Waals surface area contributed by atoms with E-state index in [1.54, 1.807) is 0 Å². The molecule has 0 N–H and O–H groups in total. The van der Waals surface area contributed by atoms with Crippen molar-refractivity contribution in [3.8, 4) is 51.0 Å². The van der Waals surface area contributed by atoms with Crippen LogP contribution < -0.4 is 0 Å². The second-order valence-corrected chi connectivity index (χ2v) is 14.4. The molecule has 0 saturated heterocycles. The molecule has 0 spiro atoms. The lowest BCUT2D eigenvalue weighted by Gasteiger charge is -2.23. The van der Waals surface area contributed by atoms with E-state index in [2.05, 4.69) is 146 Å². The Bertz CT molecular complexity index is 3080. The first-order chi connectivity index (χ1) is 26.0. The van der Waals surface area contributed by atoms with Gasteiger partial charge in [0.25, 0.3) is 0 Å². The molecule has 0 atom stereocenters. The van der Waals surface area contributed by atoms with Crippen LogP contribution in [0, 0.1) is 0 Å². The maximum Gasteiger partial charge on any atom is 0.238 e. The van der Waals surface area contributed by atoms with Gasteiger partial charge in [0.05, 0.1) is 11.0 Å². The topological polar surface area (TPSA) is 56.7 Å². The van der Waals surface area contributed by atoms with Gasteiger partial charge in [0.1, 0.15) is 11.2 Å². The molecule has 10 aromatic rings. The summed E-state index contributed by atoms with van der Waals surface area (Å²) in [7, 11) is 0. The summed E-state index contributed by atoms with van der Waals surface area (Å²) in [4.78, 5) is 15.7. The van der Waals surface area contributed by atoms with Crippen LogP contribution in [0.2, 0.25) is 0 Å². The fourth-order valence-corrected chi connectivity index (χ4v) is 8.65. The molecule has 5 heteroatoms. The zero-order chi connectivity index (χ0) is 35.3. The van der Waals surface area contributed by atoms with Gasteiger partial charge >= 0.3 is 0 Å². The molecular formula is C48H32N4O. The van der Waals surface area contributed by atoms with Crippen LogP contribution in [0.3, 0.4) is 0 Å². The van der Waals surface area contributed by atoms with Gasteiger partial charge in [-0.1, -0.05) is 147 Å². The van der Waals surface area contributed by atoms with Crippen molar-refractivity contribution in [1.82, 2.24) is 19.5 Å². The van der Waals surface area contributed by atoms with E-state index in [4.69, 9.17) is 19.4 Å². The fraction of sp³-hybridized carbons (Fsp3) is 0.0625. The Kier molecular flexibility index (Phi) is 6.23. The van der Waals surface area contributed by atoms with Gasteiger partial charge in [-0.25, -0.2) is 4.98 Å². The number of para-hydroxylation sites is 1. The Morgan fingerprint density at radius 1 is 0.491 bits per heavy atom. The van der Waals surface area contributed by atoms with Gasteiger partial charge in [-0.15, -0.1) is 0 Å². The molecule has 3 aromatic heterocycles. The summed E-state index contributed by atoms with van der Waals surface area (Å²) in [6, 6.07) is 55.1. The first-order valence-electron chi connectivity index (χ1n) is 18.0. The second-order valence-electron chi connectivity index (χ2n) is 14.4. The molecule has 0 unspecified atom stereocenters. The summed E-state index contributed by atoms with van der Waals surface area (Å²) in [5.41, 5.74) is 12.8. The average molecular weight is 681 g/mol. The first kappa shape index (κ1) is 29.8. The van der Waals surface area contributed by atoms with E-state index in [9.17, 15) is 0 Å². The Labute approximate surface area is 305 Å². The first-order valence-corrected chi connectivity index (χ1v) is 18.0. The Balaban J connectivity index is 1.18. The van der Waals surface area contributed by atoms with Crippen molar-refractivity contribution in [3.63, 3.8) is 0 Å². The van der Waals surface area contributed by atoms with E-state index >= 15 is 0 Å². The number of furan rings is 1. The van der Waals surface area contributed by atoms with Crippen molar-refractivity contribution in [2.45, 2.75) is 19.3 Å². The molecule has 0 aliphatic heterocycles. The summed E-state index contributed by atoms with van der Waals surface area (Å²) < 4.78 is 8.80. The van der Waals surface area contributed by atoms with Gasteiger partial charge in [-0.3, -0.25) is 4.57 Å². The summed E-state index contributed by atoms with van der Waals surface area (Å²) in [6.07, 6.45) is 0. The van der Waals surface area contributed by atoms with Gasteiger partial charge < -0.3 is 4.42 Å². The van der Waals surface area contributed by atoms with Gasteiger partial charge in [-0.05, 0) is 57.6 Å². The Morgan fingerprint density at radius 3 is 2.00 bits per heavy atom. The molecule has 53 heavy (non-hydrogen) atoms. The summed E-state index contributed by atoms with van der Waals surface area (Å²) in [5.74, 6) is 1.78. The van der Waals surface area contributed by atoms with E-state index in [-0.39, 0.29) is 5.41 Å². The molecular weight excluding hydrogens is 649 g/mol. The van der Waals surface area contributed by atoms with Crippen molar-refractivity contribution in [2.24, 2.45) is 0 Å². The molecule has 0 radical (unpaired) electrons. The maximum atomic E-state index is 6.54. The molecule has 7 aromatic carbocycles. The van der Waals surface area contributed by atoms with Crippen LogP contribution in [0.5, 0.6) is 0 Å². The zero-order valence-electron chi connectivity index (χ0n) is 29.2. The smallest absolute Gasteiger partial charge is 0.238 e. The molecule has 250 valence electrons. The van der Waals surface area contributed by atoms with E-state index in [1.807, 2.05) is 30.3 Å². The van der Waals surface area contributed by atoms with Gasteiger partial charge in [0.15, 0.2) is 11.6 Å². The number of nitrogens with zero attached hydrogens (tertiary/aromatic N) is 4. The Hall–Kier alpha value is -6.85. The molecule has 1 aliphatic rings. The predicted molar refractivity (Wildman–Crippen MR) is 215 cm³/mol. The quantitative estimate of drug-likeness (QED) is 0.186. The predicted octanol–water partition coefficient (Wildman–Crippen LogP) is 12.2. The molecule has 1 aliphatic carbocycles. The molecule has 0 saturated carbocycles. The SMILES string of the molecule is CC1(C)c2ccccc2-c2ccc3c4ccccc4n(-c4nc(-c5ccccc5)nc(-c5ccc6c(c5)oc5cccc(-c7ccccc7)c56)n4)c3c21. The van der Waals surface area contributed by atoms with Crippen LogP contribution >= 0.6 is 0 Å². The third-order valence-corrected chi connectivity index (χ3v) is 11.0. The van der Waals surface area contributed by atoms with Crippen LogP contribution in [0.25, 0.3) is 94.7 Å².